The Balaban J connectivity index is 2.25. The zero-order valence-electron chi connectivity index (χ0n) is 17.3. The molecule has 0 atom stereocenters. The number of amides is 1. The minimum absolute atomic E-state index is 0.0240. The van der Waals surface area contributed by atoms with Crippen LogP contribution in [0.5, 0.6) is 0 Å². The second-order valence-electron chi connectivity index (χ2n) is 7.17. The Morgan fingerprint density at radius 2 is 1.77 bits per heavy atom. The third kappa shape index (κ3) is 4.21. The van der Waals surface area contributed by atoms with Gasteiger partial charge in [0, 0.05) is 18.6 Å². The standard InChI is InChI=1S/C22H23ClN4O3/c1-5-25(4)20(28)19-21(29)26(13-16-9-6-14(2)7-10-16)22(30)27(24-19)17-11-8-15(3)18(23)12-17/h6-12H,5,13H2,1-4H3. The van der Waals surface area contributed by atoms with Gasteiger partial charge in [-0.3, -0.25) is 14.2 Å². The molecule has 0 N–H and O–H groups in total. The van der Waals surface area contributed by atoms with Crippen LogP contribution in [0.2, 0.25) is 5.02 Å². The van der Waals surface area contributed by atoms with E-state index in [0.717, 1.165) is 25.9 Å². The molecular weight excluding hydrogens is 404 g/mol. The van der Waals surface area contributed by atoms with Crippen LogP contribution in [0.1, 0.15) is 34.1 Å². The Hall–Kier alpha value is -3.19. The van der Waals surface area contributed by atoms with Gasteiger partial charge in [0.05, 0.1) is 12.2 Å². The lowest BCUT2D eigenvalue weighted by Gasteiger charge is -2.16. The molecule has 0 radical (unpaired) electrons. The van der Waals surface area contributed by atoms with Crippen molar-refractivity contribution in [1.82, 2.24) is 19.2 Å². The Morgan fingerprint density at radius 3 is 2.37 bits per heavy atom. The van der Waals surface area contributed by atoms with Crippen molar-refractivity contribution >= 4 is 17.5 Å². The van der Waals surface area contributed by atoms with Crippen molar-refractivity contribution < 1.29 is 4.79 Å². The van der Waals surface area contributed by atoms with Gasteiger partial charge in [-0.1, -0.05) is 47.5 Å². The van der Waals surface area contributed by atoms with Crippen molar-refractivity contribution in [2.75, 3.05) is 13.6 Å². The van der Waals surface area contributed by atoms with E-state index >= 15 is 0 Å². The summed E-state index contributed by atoms with van der Waals surface area (Å²) in [4.78, 5) is 40.4. The quantitative estimate of drug-likeness (QED) is 0.628. The third-order valence-corrected chi connectivity index (χ3v) is 5.35. The largest absolute Gasteiger partial charge is 0.352 e. The van der Waals surface area contributed by atoms with Crippen LogP contribution in [0, 0.1) is 13.8 Å². The molecule has 2 aromatic carbocycles. The van der Waals surface area contributed by atoms with Crippen LogP contribution in [0.3, 0.4) is 0 Å². The Morgan fingerprint density at radius 1 is 1.10 bits per heavy atom. The van der Waals surface area contributed by atoms with Crippen molar-refractivity contribution in [2.24, 2.45) is 0 Å². The van der Waals surface area contributed by atoms with Crippen LogP contribution in [-0.2, 0) is 6.54 Å². The number of nitrogens with zero attached hydrogens (tertiary/aromatic N) is 4. The van der Waals surface area contributed by atoms with Crippen LogP contribution < -0.4 is 11.2 Å². The summed E-state index contributed by atoms with van der Waals surface area (Å²) >= 11 is 6.22. The maximum atomic E-state index is 13.2. The number of benzene rings is 2. The van der Waals surface area contributed by atoms with Gasteiger partial charge in [0.15, 0.2) is 0 Å². The summed E-state index contributed by atoms with van der Waals surface area (Å²) < 4.78 is 2.08. The molecule has 0 saturated heterocycles. The first kappa shape index (κ1) is 21.5. The predicted molar refractivity (Wildman–Crippen MR) is 117 cm³/mol. The van der Waals surface area contributed by atoms with Gasteiger partial charge in [0.1, 0.15) is 0 Å². The summed E-state index contributed by atoms with van der Waals surface area (Å²) in [6.45, 7) is 6.00. The van der Waals surface area contributed by atoms with Crippen LogP contribution in [-0.4, -0.2) is 38.7 Å². The summed E-state index contributed by atoms with van der Waals surface area (Å²) in [7, 11) is 1.58. The zero-order valence-corrected chi connectivity index (χ0v) is 18.1. The van der Waals surface area contributed by atoms with Crippen molar-refractivity contribution in [3.8, 4) is 5.69 Å². The minimum Gasteiger partial charge on any atom is -0.340 e. The van der Waals surface area contributed by atoms with E-state index in [1.807, 2.05) is 38.1 Å². The van der Waals surface area contributed by atoms with Gasteiger partial charge in [-0.05, 0) is 44.0 Å². The van der Waals surface area contributed by atoms with Crippen molar-refractivity contribution in [2.45, 2.75) is 27.3 Å². The van der Waals surface area contributed by atoms with Crippen molar-refractivity contribution in [3.63, 3.8) is 0 Å². The highest BCUT2D eigenvalue weighted by Gasteiger charge is 2.22. The number of aryl methyl sites for hydroxylation is 2. The highest BCUT2D eigenvalue weighted by molar-refractivity contribution is 6.31. The van der Waals surface area contributed by atoms with Crippen molar-refractivity contribution in [3.05, 3.63) is 90.7 Å². The molecule has 0 unspecified atom stereocenters. The number of halogens is 1. The van der Waals surface area contributed by atoms with Crippen LogP contribution in [0.15, 0.2) is 52.1 Å². The molecule has 1 heterocycles. The molecule has 0 bridgehead atoms. The highest BCUT2D eigenvalue weighted by atomic mass is 35.5. The maximum Gasteiger partial charge on any atom is 0.352 e. The lowest BCUT2D eigenvalue weighted by atomic mass is 10.1. The molecule has 3 aromatic rings. The second-order valence-corrected chi connectivity index (χ2v) is 7.58. The summed E-state index contributed by atoms with van der Waals surface area (Å²) in [5, 5.41) is 4.57. The topological polar surface area (TPSA) is 77.2 Å². The fourth-order valence-electron chi connectivity index (χ4n) is 2.87. The van der Waals surface area contributed by atoms with Crippen LogP contribution >= 0.6 is 11.6 Å². The normalized spacial score (nSPS) is 10.8. The van der Waals surface area contributed by atoms with E-state index in [0.29, 0.717) is 17.3 Å². The average molecular weight is 427 g/mol. The van der Waals surface area contributed by atoms with Gasteiger partial charge >= 0.3 is 5.69 Å². The third-order valence-electron chi connectivity index (χ3n) is 4.94. The molecule has 3 rings (SSSR count). The predicted octanol–water partition coefficient (Wildman–Crippen LogP) is 2.80. The lowest BCUT2D eigenvalue weighted by molar-refractivity contribution is 0.0791. The molecule has 0 saturated carbocycles. The molecule has 156 valence electrons. The average Bonchev–Trinajstić information content (AvgIpc) is 2.73. The molecule has 8 heteroatoms. The fraction of sp³-hybridized carbons (Fsp3) is 0.273. The molecule has 30 heavy (non-hydrogen) atoms. The van der Waals surface area contributed by atoms with E-state index < -0.39 is 17.2 Å². The summed E-state index contributed by atoms with van der Waals surface area (Å²) in [5.74, 6) is -0.549. The Bertz CT molecular complexity index is 1210. The van der Waals surface area contributed by atoms with E-state index in [-0.39, 0.29) is 12.2 Å². The Kier molecular flexibility index (Phi) is 6.22. The van der Waals surface area contributed by atoms with E-state index in [4.69, 9.17) is 11.6 Å². The first-order valence-electron chi connectivity index (χ1n) is 9.54. The fourth-order valence-corrected chi connectivity index (χ4v) is 3.05. The number of aromatic nitrogens is 3. The molecule has 0 spiro atoms. The molecule has 7 nitrogen and oxygen atoms in total. The number of rotatable bonds is 5. The number of hydrogen-bond acceptors (Lipinski definition) is 4. The Labute approximate surface area is 179 Å². The minimum atomic E-state index is -0.722. The van der Waals surface area contributed by atoms with Gasteiger partial charge in [-0.15, -0.1) is 0 Å². The van der Waals surface area contributed by atoms with Gasteiger partial charge < -0.3 is 4.90 Å². The van der Waals surface area contributed by atoms with Gasteiger partial charge in [0.25, 0.3) is 11.5 Å². The molecule has 0 aliphatic rings. The van der Waals surface area contributed by atoms with E-state index in [9.17, 15) is 14.4 Å². The smallest absolute Gasteiger partial charge is 0.340 e. The SMILES string of the molecule is CCN(C)C(=O)c1nn(-c2ccc(C)c(Cl)c2)c(=O)n(Cc2ccc(C)cc2)c1=O. The number of carbonyl (C=O) groups is 1. The lowest BCUT2D eigenvalue weighted by Crippen LogP contribution is -2.46. The molecule has 1 amide bonds. The summed E-state index contributed by atoms with van der Waals surface area (Å²) in [5.41, 5.74) is 1.36. The molecule has 0 fully saturated rings. The molecule has 0 aliphatic heterocycles. The molecule has 0 aliphatic carbocycles. The number of hydrogen-bond donors (Lipinski definition) is 0. The molecule has 1 aromatic heterocycles. The van der Waals surface area contributed by atoms with Crippen LogP contribution in [0.25, 0.3) is 5.69 Å². The first-order chi connectivity index (χ1) is 14.2. The van der Waals surface area contributed by atoms with Gasteiger partial charge in [-0.2, -0.15) is 9.78 Å². The maximum absolute atomic E-state index is 13.2. The van der Waals surface area contributed by atoms with Crippen molar-refractivity contribution in [1.29, 1.82) is 0 Å². The van der Waals surface area contributed by atoms with Gasteiger partial charge in [-0.25, -0.2) is 4.79 Å². The highest BCUT2D eigenvalue weighted by Crippen LogP contribution is 2.18. The first-order valence-corrected chi connectivity index (χ1v) is 9.92. The zero-order chi connectivity index (χ0) is 22.0. The second kappa shape index (κ2) is 8.67. The molecular formula is C22H23ClN4O3. The summed E-state index contributed by atoms with van der Waals surface area (Å²) in [6, 6.07) is 12.5. The van der Waals surface area contributed by atoms with Crippen LogP contribution in [0.4, 0.5) is 0 Å². The summed E-state index contributed by atoms with van der Waals surface area (Å²) in [6.07, 6.45) is 0. The van der Waals surface area contributed by atoms with E-state index in [1.165, 1.54) is 4.90 Å². The van der Waals surface area contributed by atoms with E-state index in [1.54, 1.807) is 32.2 Å². The van der Waals surface area contributed by atoms with E-state index in [2.05, 4.69) is 5.10 Å². The van der Waals surface area contributed by atoms with Gasteiger partial charge in [0.2, 0.25) is 5.69 Å². The number of carbonyl (C=O) groups excluding carboxylic acids is 1. The monoisotopic (exact) mass is 426 g/mol.